The molecule has 0 aromatic rings. The van der Waals surface area contributed by atoms with E-state index in [-0.39, 0.29) is 5.41 Å². The zero-order valence-electron chi connectivity index (χ0n) is 9.00. The van der Waals surface area contributed by atoms with Crippen molar-refractivity contribution in [2.24, 2.45) is 17.1 Å². The summed E-state index contributed by atoms with van der Waals surface area (Å²) in [5, 5.41) is 8.83. The van der Waals surface area contributed by atoms with Crippen LogP contribution in [-0.2, 0) is 4.79 Å². The molecule has 0 aromatic carbocycles. The molecule has 0 aliphatic heterocycles. The van der Waals surface area contributed by atoms with Crippen molar-refractivity contribution in [3.63, 3.8) is 0 Å². The lowest BCUT2D eigenvalue weighted by Crippen LogP contribution is -2.47. The van der Waals surface area contributed by atoms with E-state index in [0.717, 1.165) is 12.8 Å². The molecule has 0 rings (SSSR count). The lowest BCUT2D eigenvalue weighted by molar-refractivity contribution is -0.142. The molecule has 0 saturated heterocycles. The van der Waals surface area contributed by atoms with E-state index in [0.29, 0.717) is 5.92 Å². The van der Waals surface area contributed by atoms with Crippen molar-refractivity contribution in [1.29, 1.82) is 0 Å². The van der Waals surface area contributed by atoms with Gasteiger partial charge in [-0.25, -0.2) is 0 Å². The number of hydrogen-bond acceptors (Lipinski definition) is 2. The lowest BCUT2D eigenvalue weighted by atomic mass is 9.71. The lowest BCUT2D eigenvalue weighted by Gasteiger charge is -2.36. The number of carboxylic acids is 1. The van der Waals surface area contributed by atoms with Gasteiger partial charge in [-0.15, -0.1) is 0 Å². The molecule has 0 saturated carbocycles. The molecule has 0 aliphatic carbocycles. The molecule has 3 N–H and O–H groups in total. The van der Waals surface area contributed by atoms with Crippen molar-refractivity contribution in [2.75, 3.05) is 0 Å². The molecule has 0 aromatic heterocycles. The van der Waals surface area contributed by atoms with Gasteiger partial charge in [-0.2, -0.15) is 0 Å². The third kappa shape index (κ3) is 2.69. The van der Waals surface area contributed by atoms with Gasteiger partial charge in [0.2, 0.25) is 0 Å². The summed E-state index contributed by atoms with van der Waals surface area (Å²) in [6, 6.07) is -0.766. The summed E-state index contributed by atoms with van der Waals surface area (Å²) in [4.78, 5) is 10.8. The van der Waals surface area contributed by atoms with E-state index in [1.54, 1.807) is 0 Å². The molecular weight excluding hydrogens is 166 g/mol. The van der Waals surface area contributed by atoms with Crippen LogP contribution in [0.4, 0.5) is 0 Å². The van der Waals surface area contributed by atoms with Crippen molar-refractivity contribution in [1.82, 2.24) is 0 Å². The number of nitrogens with two attached hydrogens (primary N) is 1. The third-order valence-corrected chi connectivity index (χ3v) is 3.11. The maximum atomic E-state index is 10.8. The zero-order chi connectivity index (χ0) is 10.6. The SMILES string of the molecule is CCC(CC)C(C)(C)C(N)C(=O)O. The average Bonchev–Trinajstić information content (AvgIpc) is 2.04. The van der Waals surface area contributed by atoms with Crippen LogP contribution in [0.2, 0.25) is 0 Å². The van der Waals surface area contributed by atoms with Gasteiger partial charge in [0.25, 0.3) is 0 Å². The first-order valence-electron chi connectivity index (χ1n) is 4.86. The summed E-state index contributed by atoms with van der Waals surface area (Å²) < 4.78 is 0. The Balaban J connectivity index is 4.60. The predicted octanol–water partition coefficient (Wildman–Crippen LogP) is 1.86. The minimum Gasteiger partial charge on any atom is -0.480 e. The number of carboxylic acid groups (broad SMARTS) is 1. The molecule has 13 heavy (non-hydrogen) atoms. The van der Waals surface area contributed by atoms with Crippen LogP contribution in [0.3, 0.4) is 0 Å². The van der Waals surface area contributed by atoms with Gasteiger partial charge in [-0.1, -0.05) is 40.5 Å². The molecule has 0 amide bonds. The maximum absolute atomic E-state index is 10.8. The van der Waals surface area contributed by atoms with Crippen LogP contribution >= 0.6 is 0 Å². The third-order valence-electron chi connectivity index (χ3n) is 3.11. The van der Waals surface area contributed by atoms with Crippen molar-refractivity contribution in [2.45, 2.75) is 46.6 Å². The molecule has 0 radical (unpaired) electrons. The fourth-order valence-corrected chi connectivity index (χ4v) is 1.91. The quantitative estimate of drug-likeness (QED) is 0.690. The highest BCUT2D eigenvalue weighted by molar-refractivity contribution is 5.74. The summed E-state index contributed by atoms with van der Waals surface area (Å²) in [6.07, 6.45) is 1.95. The van der Waals surface area contributed by atoms with Crippen molar-refractivity contribution < 1.29 is 9.90 Å². The molecule has 0 spiro atoms. The molecule has 0 fully saturated rings. The second-order valence-corrected chi connectivity index (χ2v) is 4.15. The van der Waals surface area contributed by atoms with E-state index in [2.05, 4.69) is 13.8 Å². The van der Waals surface area contributed by atoms with Gasteiger partial charge >= 0.3 is 5.97 Å². The van der Waals surface area contributed by atoms with Gasteiger partial charge in [0.15, 0.2) is 0 Å². The first-order chi connectivity index (χ1) is 5.87. The van der Waals surface area contributed by atoms with Crippen LogP contribution in [0, 0.1) is 11.3 Å². The van der Waals surface area contributed by atoms with Crippen LogP contribution in [-0.4, -0.2) is 17.1 Å². The van der Waals surface area contributed by atoms with E-state index in [9.17, 15) is 4.79 Å². The Hall–Kier alpha value is -0.570. The number of carbonyl (C=O) groups is 1. The zero-order valence-corrected chi connectivity index (χ0v) is 9.00. The largest absolute Gasteiger partial charge is 0.480 e. The maximum Gasteiger partial charge on any atom is 0.321 e. The van der Waals surface area contributed by atoms with Gasteiger partial charge in [0.05, 0.1) is 0 Å². The van der Waals surface area contributed by atoms with Crippen LogP contribution < -0.4 is 5.73 Å². The standard InChI is InChI=1S/C10H21NO2/c1-5-7(6-2)10(3,4)8(11)9(12)13/h7-8H,5-6,11H2,1-4H3,(H,12,13). The van der Waals surface area contributed by atoms with Crippen LogP contribution in [0.1, 0.15) is 40.5 Å². The molecule has 0 aliphatic rings. The summed E-state index contributed by atoms with van der Waals surface area (Å²) in [6.45, 7) is 8.02. The van der Waals surface area contributed by atoms with Gasteiger partial charge < -0.3 is 10.8 Å². The first-order valence-corrected chi connectivity index (χ1v) is 4.86. The highest BCUT2D eigenvalue weighted by Gasteiger charge is 2.37. The van der Waals surface area contributed by atoms with E-state index >= 15 is 0 Å². The van der Waals surface area contributed by atoms with Gasteiger partial charge in [0, 0.05) is 0 Å². The monoisotopic (exact) mass is 187 g/mol. The van der Waals surface area contributed by atoms with E-state index < -0.39 is 12.0 Å². The Morgan fingerprint density at radius 2 is 1.77 bits per heavy atom. The molecule has 0 bridgehead atoms. The van der Waals surface area contributed by atoms with Crippen molar-refractivity contribution in [3.05, 3.63) is 0 Å². The van der Waals surface area contributed by atoms with E-state index in [1.807, 2.05) is 13.8 Å². The second-order valence-electron chi connectivity index (χ2n) is 4.15. The molecular formula is C10H21NO2. The first kappa shape index (κ1) is 12.4. The Kier molecular flexibility index (Phi) is 4.40. The Labute approximate surface area is 80.3 Å². The number of aliphatic carboxylic acids is 1. The predicted molar refractivity (Wildman–Crippen MR) is 53.5 cm³/mol. The van der Waals surface area contributed by atoms with Crippen molar-refractivity contribution in [3.8, 4) is 0 Å². The van der Waals surface area contributed by atoms with Gasteiger partial charge in [-0.05, 0) is 11.3 Å². The minimum atomic E-state index is -0.906. The highest BCUT2D eigenvalue weighted by Crippen LogP contribution is 2.34. The molecule has 78 valence electrons. The summed E-state index contributed by atoms with van der Waals surface area (Å²) >= 11 is 0. The Morgan fingerprint density at radius 3 is 2.00 bits per heavy atom. The van der Waals surface area contributed by atoms with Crippen molar-refractivity contribution >= 4 is 5.97 Å². The topological polar surface area (TPSA) is 63.3 Å². The Morgan fingerprint density at radius 1 is 1.38 bits per heavy atom. The van der Waals surface area contributed by atoms with Gasteiger partial charge in [0.1, 0.15) is 6.04 Å². The molecule has 3 heteroatoms. The summed E-state index contributed by atoms with van der Waals surface area (Å²) in [5.41, 5.74) is 5.32. The van der Waals surface area contributed by atoms with E-state index in [1.165, 1.54) is 0 Å². The van der Waals surface area contributed by atoms with E-state index in [4.69, 9.17) is 10.8 Å². The van der Waals surface area contributed by atoms with Crippen LogP contribution in [0.25, 0.3) is 0 Å². The Bertz CT molecular complexity index is 174. The number of rotatable bonds is 5. The number of hydrogen-bond donors (Lipinski definition) is 2. The second kappa shape index (κ2) is 4.61. The van der Waals surface area contributed by atoms with Crippen LogP contribution in [0.15, 0.2) is 0 Å². The average molecular weight is 187 g/mol. The highest BCUT2D eigenvalue weighted by atomic mass is 16.4. The molecule has 1 unspecified atom stereocenters. The normalized spacial score (nSPS) is 14.6. The molecule has 3 nitrogen and oxygen atoms in total. The summed E-state index contributed by atoms with van der Waals surface area (Å²) in [7, 11) is 0. The van der Waals surface area contributed by atoms with Gasteiger partial charge in [-0.3, -0.25) is 4.79 Å². The fraction of sp³-hybridized carbons (Fsp3) is 0.900. The van der Waals surface area contributed by atoms with Crippen LogP contribution in [0.5, 0.6) is 0 Å². The molecule has 0 heterocycles. The smallest absolute Gasteiger partial charge is 0.321 e. The fourth-order valence-electron chi connectivity index (χ4n) is 1.91. The molecule has 1 atom stereocenters. The minimum absolute atomic E-state index is 0.324. The summed E-state index contributed by atoms with van der Waals surface area (Å²) in [5.74, 6) is -0.532.